The number of hydrogen-bond donors (Lipinski definition) is 1. The molecular formula is C20H19ClN4O2. The Morgan fingerprint density at radius 2 is 2.19 bits per heavy atom. The molecule has 3 rings (SSSR count). The fourth-order valence-corrected chi connectivity index (χ4v) is 3.16. The number of nitrogens with zero attached hydrogens (tertiary/aromatic N) is 3. The molecule has 7 heteroatoms. The van der Waals surface area contributed by atoms with Crippen LogP contribution in [-0.2, 0) is 11.3 Å². The number of nitrogens with one attached hydrogen (secondary N) is 1. The third-order valence-electron chi connectivity index (χ3n) is 4.16. The lowest BCUT2D eigenvalue weighted by Crippen LogP contribution is -2.30. The van der Waals surface area contributed by atoms with Crippen LogP contribution < -0.4 is 10.1 Å². The molecule has 0 aliphatic heterocycles. The zero-order valence-corrected chi connectivity index (χ0v) is 15.8. The van der Waals surface area contributed by atoms with Gasteiger partial charge in [0.1, 0.15) is 11.8 Å². The molecule has 27 heavy (non-hydrogen) atoms. The maximum atomic E-state index is 12.4. The highest BCUT2D eigenvalue weighted by molar-refractivity contribution is 6.31. The zero-order chi connectivity index (χ0) is 19.4. The minimum atomic E-state index is -0.194. The first-order chi connectivity index (χ1) is 13.0. The highest BCUT2D eigenvalue weighted by atomic mass is 35.5. The quantitative estimate of drug-likeness (QED) is 0.707. The number of nitriles is 1. The summed E-state index contributed by atoms with van der Waals surface area (Å²) in [6, 6.07) is 13.0. The maximum absolute atomic E-state index is 12.4. The van der Waals surface area contributed by atoms with Crippen LogP contribution in [0.1, 0.15) is 11.1 Å². The number of likely N-dealkylation sites (N-methyl/N-ethyl adjacent to an activating group) is 1. The lowest BCUT2D eigenvalue weighted by Gasteiger charge is -2.17. The number of carbonyl (C=O) groups is 1. The van der Waals surface area contributed by atoms with Crippen molar-refractivity contribution < 1.29 is 9.53 Å². The van der Waals surface area contributed by atoms with Crippen molar-refractivity contribution >= 4 is 28.7 Å². The molecule has 1 amide bonds. The van der Waals surface area contributed by atoms with Gasteiger partial charge in [0.2, 0.25) is 5.91 Å². The van der Waals surface area contributed by atoms with Crippen LogP contribution in [0.2, 0.25) is 5.02 Å². The number of pyridine rings is 1. The Hall–Kier alpha value is -3.01. The fourth-order valence-electron chi connectivity index (χ4n) is 2.99. The Labute approximate surface area is 162 Å². The van der Waals surface area contributed by atoms with Crippen LogP contribution in [0.25, 0.3) is 5.52 Å². The standard InChI is InChI=1S/C20H19ClN4O2/c1-24(11-14-12-25-8-4-3-5-18(25)16(14)10-22)13-20(26)23-17-9-15(21)6-7-19(17)27-2/h3-9,12H,11,13H2,1-2H3,(H,23,26). The number of rotatable bonds is 6. The summed E-state index contributed by atoms with van der Waals surface area (Å²) in [4.78, 5) is 14.2. The van der Waals surface area contributed by atoms with Gasteiger partial charge in [0.05, 0.1) is 30.4 Å². The van der Waals surface area contributed by atoms with Crippen molar-refractivity contribution in [1.29, 1.82) is 5.26 Å². The third kappa shape index (κ3) is 4.22. The molecule has 2 aromatic heterocycles. The molecule has 1 aromatic carbocycles. The Balaban J connectivity index is 1.69. The summed E-state index contributed by atoms with van der Waals surface area (Å²) in [5, 5.41) is 12.8. The van der Waals surface area contributed by atoms with E-state index in [0.29, 0.717) is 28.6 Å². The summed E-state index contributed by atoms with van der Waals surface area (Å²) in [5.41, 5.74) is 2.88. The predicted octanol–water partition coefficient (Wildman–Crippen LogP) is 3.54. The van der Waals surface area contributed by atoms with E-state index < -0.39 is 0 Å². The van der Waals surface area contributed by atoms with Gasteiger partial charge in [-0.3, -0.25) is 9.69 Å². The predicted molar refractivity (Wildman–Crippen MR) is 105 cm³/mol. The molecule has 138 valence electrons. The molecule has 0 radical (unpaired) electrons. The highest BCUT2D eigenvalue weighted by Gasteiger charge is 2.15. The third-order valence-corrected chi connectivity index (χ3v) is 4.40. The first kappa shape index (κ1) is 18.8. The summed E-state index contributed by atoms with van der Waals surface area (Å²) >= 11 is 5.99. The number of hydrogen-bond acceptors (Lipinski definition) is 4. The molecule has 0 spiro atoms. The van der Waals surface area contributed by atoms with Crippen LogP contribution in [-0.4, -0.2) is 35.9 Å². The molecule has 0 fully saturated rings. The highest BCUT2D eigenvalue weighted by Crippen LogP contribution is 2.27. The van der Waals surface area contributed by atoms with Crippen molar-refractivity contribution in [3.8, 4) is 11.8 Å². The summed E-state index contributed by atoms with van der Waals surface area (Å²) in [7, 11) is 3.37. The molecule has 0 bridgehead atoms. The SMILES string of the molecule is COc1ccc(Cl)cc1NC(=O)CN(C)Cc1cn2ccccc2c1C#N. The van der Waals surface area contributed by atoms with E-state index in [9.17, 15) is 10.1 Å². The molecule has 0 saturated carbocycles. The zero-order valence-electron chi connectivity index (χ0n) is 15.1. The largest absolute Gasteiger partial charge is 0.495 e. The second kappa shape index (κ2) is 8.12. The summed E-state index contributed by atoms with van der Waals surface area (Å²) in [5.74, 6) is 0.348. The topological polar surface area (TPSA) is 69.8 Å². The summed E-state index contributed by atoms with van der Waals surface area (Å²) in [6.45, 7) is 0.636. The number of fused-ring (bicyclic) bond motifs is 1. The van der Waals surface area contributed by atoms with Crippen molar-refractivity contribution in [2.24, 2.45) is 0 Å². The normalized spacial score (nSPS) is 10.8. The second-order valence-electron chi connectivity index (χ2n) is 6.20. The van der Waals surface area contributed by atoms with E-state index in [0.717, 1.165) is 11.1 Å². The van der Waals surface area contributed by atoms with Crippen LogP contribution in [0.3, 0.4) is 0 Å². The van der Waals surface area contributed by atoms with Crippen molar-refractivity contribution in [2.75, 3.05) is 26.0 Å². The first-order valence-electron chi connectivity index (χ1n) is 8.32. The molecule has 3 aromatic rings. The molecular weight excluding hydrogens is 364 g/mol. The molecule has 0 saturated heterocycles. The average molecular weight is 383 g/mol. The minimum absolute atomic E-state index is 0.159. The Morgan fingerprint density at radius 3 is 2.93 bits per heavy atom. The van der Waals surface area contributed by atoms with E-state index in [2.05, 4.69) is 11.4 Å². The molecule has 2 heterocycles. The number of ether oxygens (including phenoxy) is 1. The van der Waals surface area contributed by atoms with Gasteiger partial charge in [-0.05, 0) is 37.4 Å². The number of benzene rings is 1. The van der Waals surface area contributed by atoms with Crippen LogP contribution >= 0.6 is 11.6 Å². The van der Waals surface area contributed by atoms with Gasteiger partial charge in [0.25, 0.3) is 0 Å². The number of amides is 1. The van der Waals surface area contributed by atoms with Crippen molar-refractivity contribution in [2.45, 2.75) is 6.54 Å². The molecule has 0 unspecified atom stereocenters. The Kier molecular flexibility index (Phi) is 5.65. The van der Waals surface area contributed by atoms with Crippen molar-refractivity contribution in [3.63, 3.8) is 0 Å². The van der Waals surface area contributed by atoms with E-state index in [1.165, 1.54) is 7.11 Å². The maximum Gasteiger partial charge on any atom is 0.238 e. The van der Waals surface area contributed by atoms with Gasteiger partial charge in [-0.1, -0.05) is 17.7 Å². The number of aromatic nitrogens is 1. The van der Waals surface area contributed by atoms with E-state index in [4.69, 9.17) is 16.3 Å². The average Bonchev–Trinajstić information content (AvgIpc) is 2.98. The number of carbonyl (C=O) groups excluding carboxylic acids is 1. The van der Waals surface area contributed by atoms with Crippen molar-refractivity contribution in [3.05, 3.63) is 64.9 Å². The monoisotopic (exact) mass is 382 g/mol. The van der Waals surface area contributed by atoms with Crippen LogP contribution in [0.4, 0.5) is 5.69 Å². The molecule has 1 N–H and O–H groups in total. The molecule has 0 aliphatic rings. The second-order valence-corrected chi connectivity index (χ2v) is 6.64. The van der Waals surface area contributed by atoms with Gasteiger partial charge in [-0.15, -0.1) is 0 Å². The van der Waals surface area contributed by atoms with Gasteiger partial charge >= 0.3 is 0 Å². The summed E-state index contributed by atoms with van der Waals surface area (Å²) < 4.78 is 7.16. The number of halogens is 1. The Bertz CT molecular complexity index is 1020. The van der Waals surface area contributed by atoms with Gasteiger partial charge < -0.3 is 14.5 Å². The van der Waals surface area contributed by atoms with Gasteiger partial charge in [-0.25, -0.2) is 0 Å². The van der Waals surface area contributed by atoms with Crippen LogP contribution in [0, 0.1) is 11.3 Å². The molecule has 0 atom stereocenters. The summed E-state index contributed by atoms with van der Waals surface area (Å²) in [6.07, 6.45) is 3.82. The van der Waals surface area contributed by atoms with Crippen LogP contribution in [0.15, 0.2) is 48.8 Å². The van der Waals surface area contributed by atoms with E-state index in [1.807, 2.05) is 46.9 Å². The van der Waals surface area contributed by atoms with E-state index in [-0.39, 0.29) is 12.5 Å². The lowest BCUT2D eigenvalue weighted by atomic mass is 10.1. The van der Waals surface area contributed by atoms with Gasteiger partial charge in [-0.2, -0.15) is 5.26 Å². The molecule has 6 nitrogen and oxygen atoms in total. The number of methoxy groups -OCH3 is 1. The smallest absolute Gasteiger partial charge is 0.238 e. The van der Waals surface area contributed by atoms with E-state index >= 15 is 0 Å². The lowest BCUT2D eigenvalue weighted by molar-refractivity contribution is -0.117. The first-order valence-corrected chi connectivity index (χ1v) is 8.70. The minimum Gasteiger partial charge on any atom is -0.495 e. The van der Waals surface area contributed by atoms with E-state index in [1.54, 1.807) is 18.2 Å². The fraction of sp³-hybridized carbons (Fsp3) is 0.200. The van der Waals surface area contributed by atoms with Crippen LogP contribution in [0.5, 0.6) is 5.75 Å². The molecule has 0 aliphatic carbocycles. The Morgan fingerprint density at radius 1 is 1.37 bits per heavy atom. The van der Waals surface area contributed by atoms with Gasteiger partial charge in [0, 0.05) is 29.5 Å². The van der Waals surface area contributed by atoms with Crippen molar-refractivity contribution in [1.82, 2.24) is 9.30 Å². The van der Waals surface area contributed by atoms with Gasteiger partial charge in [0.15, 0.2) is 0 Å². The number of anilines is 1.